The van der Waals surface area contributed by atoms with Crippen LogP contribution in [0.4, 0.5) is 5.69 Å². The molecule has 1 saturated heterocycles. The first-order chi connectivity index (χ1) is 12.1. The summed E-state index contributed by atoms with van der Waals surface area (Å²) < 4.78 is 0. The first-order valence-electron chi connectivity index (χ1n) is 7.61. The molecule has 1 amide bonds. The topological polar surface area (TPSA) is 90.4 Å². The normalized spacial score (nSPS) is 17.6. The minimum atomic E-state index is -0.182. The monoisotopic (exact) mass is 350 g/mol. The van der Waals surface area contributed by atoms with Crippen molar-refractivity contribution in [1.29, 1.82) is 0 Å². The van der Waals surface area contributed by atoms with Gasteiger partial charge in [0.2, 0.25) is 0 Å². The lowest BCUT2D eigenvalue weighted by Crippen LogP contribution is -2.19. The summed E-state index contributed by atoms with van der Waals surface area (Å²) >= 11 is 1.29. The van der Waals surface area contributed by atoms with Crippen LogP contribution in [-0.2, 0) is 4.79 Å². The Labute approximate surface area is 147 Å². The van der Waals surface area contributed by atoms with Crippen molar-refractivity contribution in [2.45, 2.75) is 6.92 Å². The van der Waals surface area contributed by atoms with Gasteiger partial charge in [-0.05, 0) is 60.7 Å². The molecular weight excluding hydrogens is 336 g/mol. The number of aromatic nitrogens is 2. The van der Waals surface area contributed by atoms with Gasteiger partial charge in [0.25, 0.3) is 5.91 Å². The van der Waals surface area contributed by atoms with Crippen molar-refractivity contribution in [2.75, 3.05) is 0 Å². The molecule has 2 aromatic heterocycles. The number of H-pyrrole nitrogens is 1. The van der Waals surface area contributed by atoms with E-state index in [-0.39, 0.29) is 11.7 Å². The summed E-state index contributed by atoms with van der Waals surface area (Å²) in [7, 11) is 0. The van der Waals surface area contributed by atoms with E-state index in [1.165, 1.54) is 11.8 Å². The molecule has 1 fully saturated rings. The van der Waals surface area contributed by atoms with Crippen LogP contribution in [0.5, 0.6) is 5.75 Å². The van der Waals surface area contributed by atoms with E-state index >= 15 is 0 Å². The lowest BCUT2D eigenvalue weighted by molar-refractivity contribution is -0.115. The third-order valence-electron chi connectivity index (χ3n) is 3.82. The highest BCUT2D eigenvalue weighted by atomic mass is 32.2. The van der Waals surface area contributed by atoms with E-state index < -0.39 is 0 Å². The summed E-state index contributed by atoms with van der Waals surface area (Å²) in [5.74, 6) is 0.0107. The van der Waals surface area contributed by atoms with Crippen LogP contribution in [0.1, 0.15) is 11.1 Å². The van der Waals surface area contributed by atoms with Gasteiger partial charge in [0.15, 0.2) is 5.17 Å². The van der Waals surface area contributed by atoms with Crippen LogP contribution in [0.15, 0.2) is 52.6 Å². The number of amidine groups is 1. The molecule has 1 aliphatic heterocycles. The van der Waals surface area contributed by atoms with Crippen LogP contribution in [-0.4, -0.2) is 26.1 Å². The van der Waals surface area contributed by atoms with Crippen molar-refractivity contribution < 1.29 is 9.90 Å². The first-order valence-corrected chi connectivity index (χ1v) is 8.43. The Balaban J connectivity index is 1.65. The molecule has 7 heteroatoms. The Morgan fingerprint density at radius 1 is 1.32 bits per heavy atom. The van der Waals surface area contributed by atoms with E-state index in [1.807, 2.05) is 31.3 Å². The molecule has 0 aliphatic carbocycles. The molecule has 0 radical (unpaired) electrons. The number of aromatic hydroxyl groups is 1. The quantitative estimate of drug-likeness (QED) is 0.617. The molecule has 25 heavy (non-hydrogen) atoms. The average Bonchev–Trinajstić information content (AvgIpc) is 3.15. The van der Waals surface area contributed by atoms with Gasteiger partial charge in [-0.3, -0.25) is 4.79 Å². The number of hydrogen-bond acceptors (Lipinski definition) is 5. The van der Waals surface area contributed by atoms with Crippen LogP contribution in [0.3, 0.4) is 0 Å². The van der Waals surface area contributed by atoms with Crippen molar-refractivity contribution in [3.05, 3.63) is 58.8 Å². The summed E-state index contributed by atoms with van der Waals surface area (Å²) in [5.41, 5.74) is 3.23. The number of nitrogens with zero attached hydrogens (tertiary/aromatic N) is 2. The maximum absolute atomic E-state index is 12.2. The molecule has 0 spiro atoms. The maximum Gasteiger partial charge on any atom is 0.264 e. The van der Waals surface area contributed by atoms with Gasteiger partial charge in [-0.1, -0.05) is 0 Å². The average molecular weight is 350 g/mol. The second kappa shape index (κ2) is 6.10. The van der Waals surface area contributed by atoms with Crippen LogP contribution >= 0.6 is 11.8 Å². The molecule has 1 aliphatic rings. The number of nitrogens with one attached hydrogen (secondary N) is 2. The molecular formula is C18H14N4O2S. The zero-order valence-electron chi connectivity index (χ0n) is 13.3. The van der Waals surface area contributed by atoms with E-state index in [4.69, 9.17) is 0 Å². The minimum absolute atomic E-state index is 0.182. The number of rotatable bonds is 2. The molecule has 0 unspecified atom stereocenters. The van der Waals surface area contributed by atoms with Crippen molar-refractivity contribution in [2.24, 2.45) is 4.99 Å². The van der Waals surface area contributed by atoms with Gasteiger partial charge in [0.1, 0.15) is 11.4 Å². The number of phenolic OH excluding ortho intramolecular Hbond substituents is 1. The summed E-state index contributed by atoms with van der Waals surface area (Å²) in [6, 6.07) is 8.75. The number of phenols is 1. The molecule has 0 saturated carbocycles. The van der Waals surface area contributed by atoms with E-state index in [9.17, 15) is 9.90 Å². The van der Waals surface area contributed by atoms with Gasteiger partial charge in [-0.2, -0.15) is 0 Å². The van der Waals surface area contributed by atoms with Gasteiger partial charge in [0, 0.05) is 23.3 Å². The minimum Gasteiger partial charge on any atom is -0.508 e. The van der Waals surface area contributed by atoms with Gasteiger partial charge in [-0.25, -0.2) is 9.98 Å². The second-order valence-corrected chi connectivity index (χ2v) is 6.63. The fourth-order valence-electron chi connectivity index (χ4n) is 2.59. The summed E-state index contributed by atoms with van der Waals surface area (Å²) in [4.78, 5) is 24.6. The van der Waals surface area contributed by atoms with E-state index in [0.29, 0.717) is 15.8 Å². The zero-order valence-corrected chi connectivity index (χ0v) is 14.1. The Morgan fingerprint density at radius 2 is 2.20 bits per heavy atom. The first kappa shape index (κ1) is 15.5. The number of benzene rings is 1. The Kier molecular flexibility index (Phi) is 3.77. The Morgan fingerprint density at radius 3 is 3.04 bits per heavy atom. The highest BCUT2D eigenvalue weighted by molar-refractivity contribution is 8.18. The van der Waals surface area contributed by atoms with Crippen molar-refractivity contribution in [3.63, 3.8) is 0 Å². The molecule has 4 rings (SSSR count). The molecule has 3 N–H and O–H groups in total. The fourth-order valence-corrected chi connectivity index (χ4v) is 3.42. The number of carbonyl (C=O) groups excluding carboxylic acids is 1. The molecule has 0 atom stereocenters. The number of fused-ring (bicyclic) bond motifs is 1. The third-order valence-corrected chi connectivity index (χ3v) is 4.73. The van der Waals surface area contributed by atoms with Gasteiger partial charge >= 0.3 is 0 Å². The largest absolute Gasteiger partial charge is 0.508 e. The number of amides is 1. The predicted molar refractivity (Wildman–Crippen MR) is 99.7 cm³/mol. The number of aliphatic imine (C=N–C) groups is 1. The molecule has 3 aromatic rings. The third kappa shape index (κ3) is 3.01. The molecule has 0 bridgehead atoms. The summed E-state index contributed by atoms with van der Waals surface area (Å²) in [6.07, 6.45) is 5.38. The lowest BCUT2D eigenvalue weighted by Gasteiger charge is -2.01. The molecule has 1 aromatic carbocycles. The number of thioether (sulfide) groups is 1. The van der Waals surface area contributed by atoms with E-state index in [0.717, 1.165) is 22.2 Å². The number of aryl methyl sites for hydroxylation is 1. The van der Waals surface area contributed by atoms with Crippen LogP contribution < -0.4 is 5.32 Å². The highest BCUT2D eigenvalue weighted by Gasteiger charge is 2.24. The number of carbonyl (C=O) groups is 1. The Hall–Kier alpha value is -3.06. The zero-order chi connectivity index (χ0) is 17.4. The van der Waals surface area contributed by atoms with Gasteiger partial charge in [0.05, 0.1) is 10.6 Å². The number of aromatic amines is 1. The fraction of sp³-hybridized carbons (Fsp3) is 0.0556. The molecule has 124 valence electrons. The van der Waals surface area contributed by atoms with Gasteiger partial charge < -0.3 is 15.4 Å². The maximum atomic E-state index is 12.2. The van der Waals surface area contributed by atoms with Gasteiger partial charge in [-0.15, -0.1) is 0 Å². The number of pyridine rings is 1. The lowest BCUT2D eigenvalue weighted by atomic mass is 10.2. The summed E-state index contributed by atoms with van der Waals surface area (Å²) in [5, 5.41) is 13.7. The predicted octanol–water partition coefficient (Wildman–Crippen LogP) is 3.47. The van der Waals surface area contributed by atoms with Crippen LogP contribution in [0, 0.1) is 6.92 Å². The SMILES string of the molecule is Cc1cc(O)ccc1/N=C1/NC(=O)/C(=C/c2c[nH]c3ncccc23)S1. The summed E-state index contributed by atoms with van der Waals surface area (Å²) in [6.45, 7) is 1.86. The second-order valence-electron chi connectivity index (χ2n) is 5.60. The molecule has 6 nitrogen and oxygen atoms in total. The van der Waals surface area contributed by atoms with Crippen molar-refractivity contribution in [3.8, 4) is 5.75 Å². The van der Waals surface area contributed by atoms with Crippen molar-refractivity contribution >= 4 is 45.6 Å². The molecule has 3 heterocycles. The van der Waals surface area contributed by atoms with Crippen LogP contribution in [0.25, 0.3) is 17.1 Å². The Bertz CT molecular complexity index is 1050. The van der Waals surface area contributed by atoms with Crippen molar-refractivity contribution in [1.82, 2.24) is 15.3 Å². The van der Waals surface area contributed by atoms with E-state index in [1.54, 1.807) is 24.4 Å². The van der Waals surface area contributed by atoms with E-state index in [2.05, 4.69) is 20.3 Å². The smallest absolute Gasteiger partial charge is 0.264 e. The highest BCUT2D eigenvalue weighted by Crippen LogP contribution is 2.31. The standard InChI is InChI=1S/C18H14N4O2S/c1-10-7-12(23)4-5-14(10)21-18-22-17(24)15(25-18)8-11-9-20-16-13(11)3-2-6-19-16/h2-9,23H,1H3,(H,19,20)(H,21,22,24)/b15-8-. The number of hydrogen-bond donors (Lipinski definition) is 3. The van der Waals surface area contributed by atoms with Crippen LogP contribution in [0.2, 0.25) is 0 Å².